The smallest absolute Gasteiger partial charge is 1.00 e. The van der Waals surface area contributed by atoms with Gasteiger partial charge in [-0.05, 0) is 23.8 Å². The number of benzene rings is 2. The number of aromatic nitrogens is 4. The molecule has 4 aromatic rings. The minimum Gasteiger partial charge on any atom is -1.00 e. The molecule has 1 N–H and O–H groups in total. The Morgan fingerprint density at radius 2 is 1.85 bits per heavy atom. The second kappa shape index (κ2) is 9.27. The zero-order chi connectivity index (χ0) is 24.1. The Labute approximate surface area is 222 Å². The second-order valence-corrected chi connectivity index (χ2v) is 8.95. The van der Waals surface area contributed by atoms with Crippen molar-refractivity contribution in [2.45, 2.75) is 32.5 Å². The molecular formula is C23H20ClF3N5NaO. The Hall–Kier alpha value is -2.51. The molecule has 2 heterocycles. The Bertz CT molecular complexity index is 1420. The molecular weight excluding hydrogens is 478 g/mol. The van der Waals surface area contributed by atoms with E-state index in [-0.39, 0.29) is 52.7 Å². The van der Waals surface area contributed by atoms with Crippen molar-refractivity contribution in [1.29, 1.82) is 5.26 Å². The van der Waals surface area contributed by atoms with Crippen LogP contribution < -0.4 is 34.3 Å². The minimum atomic E-state index is -4.83. The predicted octanol–water partition coefficient (Wildman–Crippen LogP) is 3.47. The van der Waals surface area contributed by atoms with E-state index in [1.54, 1.807) is 23.9 Å². The molecule has 0 aliphatic rings. The fourth-order valence-corrected chi connectivity index (χ4v) is 3.95. The van der Waals surface area contributed by atoms with Crippen molar-refractivity contribution in [1.82, 2.24) is 19.7 Å². The molecule has 0 aliphatic carbocycles. The van der Waals surface area contributed by atoms with E-state index in [1.807, 2.05) is 20.8 Å². The summed E-state index contributed by atoms with van der Waals surface area (Å²) in [5, 5.41) is 14.6. The van der Waals surface area contributed by atoms with Crippen LogP contribution in [0.15, 0.2) is 36.4 Å². The maximum atomic E-state index is 12.9. The summed E-state index contributed by atoms with van der Waals surface area (Å²) in [4.78, 5) is 7.69. The van der Waals surface area contributed by atoms with Gasteiger partial charge in [0.25, 0.3) is 0 Å². The molecule has 34 heavy (non-hydrogen) atoms. The summed E-state index contributed by atoms with van der Waals surface area (Å²) in [6, 6.07) is 11.2. The number of alkyl halides is 3. The van der Waals surface area contributed by atoms with E-state index >= 15 is 0 Å². The minimum absolute atomic E-state index is 0. The summed E-state index contributed by atoms with van der Waals surface area (Å²) in [5.74, 6) is 0.0410. The number of aryl methyl sites for hydroxylation is 1. The third-order valence-corrected chi connectivity index (χ3v) is 5.35. The number of aromatic amines is 1. The first-order valence-corrected chi connectivity index (χ1v) is 10.3. The van der Waals surface area contributed by atoms with Crippen LogP contribution in [-0.2, 0) is 12.5 Å². The van der Waals surface area contributed by atoms with Gasteiger partial charge in [-0.3, -0.25) is 4.68 Å². The number of imidazole rings is 1. The fourth-order valence-electron chi connectivity index (χ4n) is 3.69. The molecule has 0 bridgehead atoms. The van der Waals surface area contributed by atoms with Crippen molar-refractivity contribution in [3.63, 3.8) is 0 Å². The first kappa shape index (κ1) is 26.1. The zero-order valence-corrected chi connectivity index (χ0v) is 21.9. The summed E-state index contributed by atoms with van der Waals surface area (Å²) >= 11 is 6.46. The Morgan fingerprint density at radius 1 is 1.18 bits per heavy atom. The second-order valence-electron chi connectivity index (χ2n) is 8.54. The van der Waals surface area contributed by atoms with Crippen LogP contribution in [0.3, 0.4) is 0 Å². The topological polar surface area (TPSA) is 79.5 Å². The van der Waals surface area contributed by atoms with Crippen molar-refractivity contribution in [2.75, 3.05) is 0 Å². The molecule has 2 aromatic carbocycles. The molecule has 0 fully saturated rings. The number of hydrogen-bond acceptors (Lipinski definition) is 4. The van der Waals surface area contributed by atoms with E-state index in [9.17, 15) is 18.4 Å². The number of nitrogens with one attached hydrogen (secondary N) is 1. The van der Waals surface area contributed by atoms with Crippen LogP contribution >= 0.6 is 11.6 Å². The third-order valence-electron chi connectivity index (χ3n) is 5.06. The van der Waals surface area contributed by atoms with Crippen molar-refractivity contribution < 1.29 is 48.9 Å². The molecule has 6 nitrogen and oxygen atoms in total. The summed E-state index contributed by atoms with van der Waals surface area (Å²) < 4.78 is 44.3. The number of fused-ring (bicyclic) bond motifs is 1. The average molecular weight is 498 g/mol. The Balaban J connectivity index is 0.00000216. The third kappa shape index (κ3) is 4.96. The monoisotopic (exact) mass is 497 g/mol. The van der Waals surface area contributed by atoms with E-state index in [2.05, 4.69) is 25.9 Å². The van der Waals surface area contributed by atoms with Gasteiger partial charge in [-0.15, -0.1) is 13.2 Å². The summed E-state index contributed by atoms with van der Waals surface area (Å²) in [6.07, 6.45) is -4.83. The number of halogens is 4. The van der Waals surface area contributed by atoms with Crippen LogP contribution in [0, 0.1) is 11.3 Å². The molecule has 0 unspecified atom stereocenters. The van der Waals surface area contributed by atoms with Crippen molar-refractivity contribution in [3.05, 3.63) is 52.7 Å². The number of para-hydroxylation sites is 1. The number of rotatable bonds is 3. The van der Waals surface area contributed by atoms with Gasteiger partial charge in [-0.2, -0.15) is 10.4 Å². The van der Waals surface area contributed by atoms with Crippen LogP contribution in [0.2, 0.25) is 5.02 Å². The van der Waals surface area contributed by atoms with Gasteiger partial charge in [0.1, 0.15) is 28.6 Å². The van der Waals surface area contributed by atoms with E-state index < -0.39 is 6.36 Å². The van der Waals surface area contributed by atoms with E-state index in [0.717, 1.165) is 0 Å². The molecule has 0 atom stereocenters. The van der Waals surface area contributed by atoms with Gasteiger partial charge in [0.2, 0.25) is 0 Å². The van der Waals surface area contributed by atoms with Gasteiger partial charge in [-0.1, -0.05) is 50.6 Å². The fraction of sp³-hybridized carbons (Fsp3) is 0.261. The number of nitrogens with zero attached hydrogens (tertiary/aromatic N) is 4. The normalized spacial score (nSPS) is 11.9. The standard InChI is InChI=1S/C23H19ClF3N5O.Na.H/c1-22(2,3)20-14(11-28)19(32(4)31-20)21-29-16-10-12(9-15(24)18(16)30-21)13-7-5-6-8-17(13)33-23(25,26)27;;/h5-10H,1-4H3,(H,29,30);;/q;+1;-1. The maximum absolute atomic E-state index is 12.9. The van der Waals surface area contributed by atoms with E-state index in [1.165, 1.54) is 24.3 Å². The summed E-state index contributed by atoms with van der Waals surface area (Å²) in [7, 11) is 1.72. The van der Waals surface area contributed by atoms with Gasteiger partial charge < -0.3 is 11.1 Å². The predicted molar refractivity (Wildman–Crippen MR) is 120 cm³/mol. The molecule has 0 aliphatic heterocycles. The van der Waals surface area contributed by atoms with Crippen molar-refractivity contribution in [3.8, 4) is 34.5 Å². The van der Waals surface area contributed by atoms with E-state index in [4.69, 9.17) is 11.6 Å². The molecule has 0 saturated carbocycles. The van der Waals surface area contributed by atoms with E-state index in [0.29, 0.717) is 39.4 Å². The molecule has 172 valence electrons. The first-order valence-electron chi connectivity index (χ1n) is 9.91. The van der Waals surface area contributed by atoms with Gasteiger partial charge in [-0.25, -0.2) is 4.98 Å². The molecule has 0 radical (unpaired) electrons. The molecule has 4 rings (SSSR count). The number of H-pyrrole nitrogens is 1. The SMILES string of the molecule is Cn1nc(C(C)(C)C)c(C#N)c1-c1nc2c(Cl)cc(-c3ccccc3OC(F)(F)F)cc2[nH]1.[H-].[Na+]. The van der Waals surface area contributed by atoms with Gasteiger partial charge >= 0.3 is 35.9 Å². The Kier molecular flexibility index (Phi) is 7.11. The van der Waals surface area contributed by atoms with Gasteiger partial charge in [0.15, 0.2) is 5.82 Å². The summed E-state index contributed by atoms with van der Waals surface area (Å²) in [6.45, 7) is 5.88. The first-order chi connectivity index (χ1) is 15.4. The van der Waals surface area contributed by atoms with Crippen LogP contribution in [0.5, 0.6) is 5.75 Å². The maximum Gasteiger partial charge on any atom is 1.00 e. The van der Waals surface area contributed by atoms with Crippen LogP contribution in [0.1, 0.15) is 33.5 Å². The van der Waals surface area contributed by atoms with Crippen molar-refractivity contribution in [2.24, 2.45) is 7.05 Å². The average Bonchev–Trinajstić information content (AvgIpc) is 3.27. The number of hydrogen-bond donors (Lipinski definition) is 1. The van der Waals surface area contributed by atoms with Crippen LogP contribution in [-0.4, -0.2) is 26.1 Å². The number of nitriles is 1. The number of ether oxygens (including phenoxy) is 1. The molecule has 0 amide bonds. The molecule has 11 heteroatoms. The van der Waals surface area contributed by atoms with Gasteiger partial charge in [0, 0.05) is 18.0 Å². The Morgan fingerprint density at radius 3 is 2.47 bits per heavy atom. The molecule has 0 spiro atoms. The quantitative estimate of drug-likeness (QED) is 0.440. The zero-order valence-electron chi connectivity index (χ0n) is 20.2. The van der Waals surface area contributed by atoms with Crippen LogP contribution in [0.25, 0.3) is 33.7 Å². The van der Waals surface area contributed by atoms with Crippen molar-refractivity contribution >= 4 is 22.6 Å². The largest absolute Gasteiger partial charge is 1.00 e. The molecule has 2 aromatic heterocycles. The summed E-state index contributed by atoms with van der Waals surface area (Å²) in [5.41, 5.74) is 2.73. The van der Waals surface area contributed by atoms with Gasteiger partial charge in [0.05, 0.1) is 16.2 Å². The molecule has 0 saturated heterocycles. The van der Waals surface area contributed by atoms with Crippen LogP contribution in [0.4, 0.5) is 13.2 Å².